The van der Waals surface area contributed by atoms with Crippen LogP contribution in [0.3, 0.4) is 0 Å². The van der Waals surface area contributed by atoms with E-state index in [1.165, 1.54) is 0 Å². The lowest BCUT2D eigenvalue weighted by atomic mass is 10.2. The van der Waals surface area contributed by atoms with Gasteiger partial charge in [-0.25, -0.2) is 8.42 Å². The molecule has 1 saturated heterocycles. The summed E-state index contributed by atoms with van der Waals surface area (Å²) in [6, 6.07) is 0. The number of rotatable bonds is 0. The lowest BCUT2D eigenvalue weighted by Gasteiger charge is -2.25. The zero-order valence-corrected chi connectivity index (χ0v) is 5.50. The van der Waals surface area contributed by atoms with Crippen molar-refractivity contribution >= 4 is 9.84 Å². The molecule has 0 aromatic rings. The highest BCUT2D eigenvalue weighted by molar-refractivity contribution is 7.93. The van der Waals surface area contributed by atoms with E-state index in [9.17, 15) is 8.42 Å². The molecular formula is C4H6N2O2S. The van der Waals surface area contributed by atoms with E-state index < -0.39 is 15.2 Å². The van der Waals surface area contributed by atoms with Gasteiger partial charge in [-0.2, -0.15) is 10.2 Å². The molecule has 0 saturated carbocycles. The second kappa shape index (κ2) is 1.34. The van der Waals surface area contributed by atoms with E-state index >= 15 is 0 Å². The van der Waals surface area contributed by atoms with Crippen molar-refractivity contribution in [2.75, 3.05) is 12.3 Å². The van der Waals surface area contributed by atoms with Crippen LogP contribution < -0.4 is 0 Å². The molecule has 9 heavy (non-hydrogen) atoms. The number of sulfone groups is 1. The maximum absolute atomic E-state index is 10.7. The van der Waals surface area contributed by atoms with Crippen molar-refractivity contribution in [2.24, 2.45) is 16.1 Å². The van der Waals surface area contributed by atoms with E-state index in [-0.39, 0.29) is 5.92 Å². The first-order valence-electron chi connectivity index (χ1n) is 2.78. The Kier molecular flexibility index (Phi) is 0.795. The summed E-state index contributed by atoms with van der Waals surface area (Å²) in [7, 11) is -2.82. The van der Waals surface area contributed by atoms with Crippen molar-refractivity contribution in [3.8, 4) is 0 Å². The second-order valence-corrected chi connectivity index (χ2v) is 4.56. The summed E-state index contributed by atoms with van der Waals surface area (Å²) in [5.41, 5.74) is 0. The van der Waals surface area contributed by atoms with Crippen LogP contribution in [0.4, 0.5) is 0 Å². The normalized spacial score (nSPS) is 44.0. The van der Waals surface area contributed by atoms with E-state index in [1.54, 1.807) is 0 Å². The van der Waals surface area contributed by atoms with Crippen molar-refractivity contribution in [3.05, 3.63) is 0 Å². The molecule has 1 fully saturated rings. The molecule has 5 heteroatoms. The lowest BCUT2D eigenvalue weighted by molar-refractivity contribution is 0.496. The SMILES string of the molecule is O=S1(=O)CC2CN=NC21. The molecule has 2 heterocycles. The highest BCUT2D eigenvalue weighted by Gasteiger charge is 2.48. The molecule has 0 aromatic heterocycles. The van der Waals surface area contributed by atoms with E-state index in [0.717, 1.165) is 0 Å². The van der Waals surface area contributed by atoms with Crippen LogP contribution in [-0.4, -0.2) is 26.1 Å². The van der Waals surface area contributed by atoms with Crippen LogP contribution in [0.5, 0.6) is 0 Å². The summed E-state index contributed by atoms with van der Waals surface area (Å²) in [5.74, 6) is 0.514. The Morgan fingerprint density at radius 3 is 2.67 bits per heavy atom. The zero-order valence-electron chi connectivity index (χ0n) is 4.69. The average molecular weight is 146 g/mol. The molecule has 2 unspecified atom stereocenters. The van der Waals surface area contributed by atoms with Crippen molar-refractivity contribution in [2.45, 2.75) is 5.37 Å². The van der Waals surface area contributed by atoms with Crippen LogP contribution in [0.2, 0.25) is 0 Å². The van der Waals surface area contributed by atoms with Crippen LogP contribution in [0, 0.1) is 5.92 Å². The zero-order chi connectivity index (χ0) is 6.48. The summed E-state index contributed by atoms with van der Waals surface area (Å²) in [6.07, 6.45) is 0. The van der Waals surface area contributed by atoms with Gasteiger partial charge in [-0.15, -0.1) is 0 Å². The molecule has 2 aliphatic heterocycles. The van der Waals surface area contributed by atoms with Gasteiger partial charge in [0.05, 0.1) is 12.3 Å². The molecule has 0 aliphatic carbocycles. The Labute approximate surface area is 52.9 Å². The third kappa shape index (κ3) is 0.551. The monoisotopic (exact) mass is 146 g/mol. The first kappa shape index (κ1) is 5.34. The number of fused-ring (bicyclic) bond motifs is 1. The number of hydrogen-bond donors (Lipinski definition) is 0. The first-order chi connectivity index (χ1) is 4.20. The molecule has 0 radical (unpaired) electrons. The van der Waals surface area contributed by atoms with Crippen molar-refractivity contribution < 1.29 is 8.42 Å². The summed E-state index contributed by atoms with van der Waals surface area (Å²) in [5, 5.41) is 6.78. The van der Waals surface area contributed by atoms with E-state index in [0.29, 0.717) is 12.3 Å². The molecule has 4 nitrogen and oxygen atoms in total. The van der Waals surface area contributed by atoms with Crippen LogP contribution in [0.1, 0.15) is 0 Å². The van der Waals surface area contributed by atoms with Crippen molar-refractivity contribution in [1.82, 2.24) is 0 Å². The smallest absolute Gasteiger partial charge is 0.177 e. The molecule has 0 aromatic carbocycles. The van der Waals surface area contributed by atoms with Crippen LogP contribution >= 0.6 is 0 Å². The van der Waals surface area contributed by atoms with Gasteiger partial charge >= 0.3 is 0 Å². The standard InChI is InChI=1S/C4H6N2O2S/c7-9(8)2-3-1-5-6-4(3)9/h3-4H,1-2H2. The van der Waals surface area contributed by atoms with Gasteiger partial charge in [-0.05, 0) is 0 Å². The molecule has 0 bridgehead atoms. The van der Waals surface area contributed by atoms with Gasteiger partial charge in [0.25, 0.3) is 0 Å². The van der Waals surface area contributed by atoms with Crippen molar-refractivity contribution in [1.29, 1.82) is 0 Å². The largest absolute Gasteiger partial charge is 0.227 e. The fourth-order valence-electron chi connectivity index (χ4n) is 1.19. The van der Waals surface area contributed by atoms with Crippen LogP contribution in [0.25, 0.3) is 0 Å². The van der Waals surface area contributed by atoms with Gasteiger partial charge in [0.1, 0.15) is 0 Å². The predicted octanol–water partition coefficient (Wildman–Crippen LogP) is -0.177. The molecule has 2 atom stereocenters. The fourth-order valence-corrected chi connectivity index (χ4v) is 2.89. The van der Waals surface area contributed by atoms with Gasteiger partial charge in [-0.3, -0.25) is 0 Å². The summed E-state index contributed by atoms with van der Waals surface area (Å²) in [6.45, 7) is 0.615. The minimum atomic E-state index is -2.82. The Morgan fingerprint density at radius 1 is 1.44 bits per heavy atom. The first-order valence-corrected chi connectivity index (χ1v) is 4.50. The van der Waals surface area contributed by atoms with Crippen LogP contribution in [-0.2, 0) is 9.84 Å². The molecule has 0 spiro atoms. The van der Waals surface area contributed by atoms with E-state index in [4.69, 9.17) is 0 Å². The number of nitrogens with zero attached hydrogens (tertiary/aromatic N) is 2. The van der Waals surface area contributed by atoms with E-state index in [1.807, 2.05) is 0 Å². The third-order valence-corrected chi connectivity index (χ3v) is 3.84. The van der Waals surface area contributed by atoms with E-state index in [2.05, 4.69) is 10.2 Å². The molecule has 2 rings (SSSR count). The number of hydrogen-bond acceptors (Lipinski definition) is 4. The average Bonchev–Trinajstić information content (AvgIpc) is 2.10. The van der Waals surface area contributed by atoms with Gasteiger partial charge < -0.3 is 0 Å². The maximum atomic E-state index is 10.7. The van der Waals surface area contributed by atoms with Gasteiger partial charge in [0, 0.05) is 5.92 Å². The fraction of sp³-hybridized carbons (Fsp3) is 1.00. The highest BCUT2D eigenvalue weighted by Crippen LogP contribution is 2.33. The molecule has 0 N–H and O–H groups in total. The quantitative estimate of drug-likeness (QED) is 0.476. The third-order valence-electron chi connectivity index (χ3n) is 1.73. The van der Waals surface area contributed by atoms with Crippen molar-refractivity contribution in [3.63, 3.8) is 0 Å². The minimum Gasteiger partial charge on any atom is -0.227 e. The molecule has 50 valence electrons. The maximum Gasteiger partial charge on any atom is 0.177 e. The predicted molar refractivity (Wildman–Crippen MR) is 30.8 cm³/mol. The van der Waals surface area contributed by atoms with Gasteiger partial charge in [0.2, 0.25) is 0 Å². The molecular weight excluding hydrogens is 140 g/mol. The van der Waals surface area contributed by atoms with Crippen LogP contribution in [0.15, 0.2) is 10.2 Å². The summed E-state index contributed by atoms with van der Waals surface area (Å²) < 4.78 is 21.5. The Hall–Kier alpha value is -0.450. The van der Waals surface area contributed by atoms with Gasteiger partial charge in [0.15, 0.2) is 15.2 Å². The second-order valence-electron chi connectivity index (χ2n) is 2.42. The Bertz CT molecular complexity index is 256. The summed E-state index contributed by atoms with van der Waals surface area (Å²) >= 11 is 0. The molecule has 2 aliphatic rings. The number of azo groups is 1. The molecule has 0 amide bonds. The van der Waals surface area contributed by atoms with Gasteiger partial charge in [-0.1, -0.05) is 0 Å². The minimum absolute atomic E-state index is 0.218. The Morgan fingerprint density at radius 2 is 2.22 bits per heavy atom. The topological polar surface area (TPSA) is 58.9 Å². The summed E-state index contributed by atoms with van der Waals surface area (Å²) in [4.78, 5) is 0. The Balaban J connectivity index is 2.36. The highest BCUT2D eigenvalue weighted by atomic mass is 32.2. The lowest BCUT2D eigenvalue weighted by Crippen LogP contribution is -2.44.